The van der Waals surface area contributed by atoms with Crippen molar-refractivity contribution in [2.45, 2.75) is 18.5 Å². The lowest BCUT2D eigenvalue weighted by Crippen LogP contribution is -1.99. The predicted octanol–water partition coefficient (Wildman–Crippen LogP) is 4.64. The van der Waals surface area contributed by atoms with Crippen molar-refractivity contribution in [3.8, 4) is 0 Å². The first-order chi connectivity index (χ1) is 11.2. The van der Waals surface area contributed by atoms with Gasteiger partial charge in [-0.2, -0.15) is 0 Å². The van der Waals surface area contributed by atoms with E-state index < -0.39 is 0 Å². The molecule has 0 saturated heterocycles. The molecule has 0 bridgehead atoms. The van der Waals surface area contributed by atoms with Crippen molar-refractivity contribution >= 4 is 52.4 Å². The molecule has 0 aliphatic carbocycles. The summed E-state index contributed by atoms with van der Waals surface area (Å²) < 4.78 is 0. The van der Waals surface area contributed by atoms with E-state index >= 15 is 0 Å². The first-order valence-corrected chi connectivity index (χ1v) is 9.81. The molecule has 0 atom stereocenters. The van der Waals surface area contributed by atoms with Gasteiger partial charge in [0, 0.05) is 9.75 Å². The highest BCUT2D eigenvalue weighted by atomic mass is 32.2. The number of Topliss-reactive ketones (excluding diaryl/α,β-unsaturated/α-hetero) is 1. The summed E-state index contributed by atoms with van der Waals surface area (Å²) in [4.78, 5) is 19.7. The minimum Gasteiger partial charge on any atom is -0.292 e. The van der Waals surface area contributed by atoms with Crippen LogP contribution in [-0.2, 0) is 6.42 Å². The number of nitrogens with zero attached hydrogens (tertiary/aromatic N) is 2. The Labute approximate surface area is 146 Å². The summed E-state index contributed by atoms with van der Waals surface area (Å²) in [5.41, 5.74) is 0. The molecule has 0 unspecified atom stereocenters. The summed E-state index contributed by atoms with van der Waals surface area (Å²) in [5, 5.41) is 9.63. The summed E-state index contributed by atoms with van der Waals surface area (Å²) in [6, 6.07) is 7.96. The maximum Gasteiger partial charge on any atom is 0.209 e. The molecule has 4 nitrogen and oxygen atoms in total. The summed E-state index contributed by atoms with van der Waals surface area (Å²) >= 11 is 4.59. The highest BCUT2D eigenvalue weighted by molar-refractivity contribution is 7.99. The Morgan fingerprint density at radius 3 is 3.00 bits per heavy atom. The van der Waals surface area contributed by atoms with Gasteiger partial charge in [0.1, 0.15) is 5.82 Å². The maximum atomic E-state index is 12.1. The predicted molar refractivity (Wildman–Crippen MR) is 98.4 cm³/mol. The fourth-order valence-corrected chi connectivity index (χ4v) is 4.15. The topological polar surface area (TPSA) is 58.6 Å². The third-order valence-electron chi connectivity index (χ3n) is 3.05. The molecule has 7 heteroatoms. The fourth-order valence-electron chi connectivity index (χ4n) is 1.86. The van der Waals surface area contributed by atoms with Gasteiger partial charge in [-0.25, -0.2) is 4.98 Å². The Morgan fingerprint density at radius 2 is 2.26 bits per heavy atom. The number of aromatic nitrogens is 3. The second-order valence-electron chi connectivity index (χ2n) is 4.68. The molecule has 3 aromatic rings. The lowest BCUT2D eigenvalue weighted by atomic mass is 10.3. The fraction of sp³-hybridized carbons (Fsp3) is 0.188. The number of H-pyrrole nitrogens is 1. The minimum atomic E-state index is 0.125. The van der Waals surface area contributed by atoms with Crippen LogP contribution in [0.5, 0.6) is 0 Å². The smallest absolute Gasteiger partial charge is 0.209 e. The molecule has 0 spiro atoms. The number of aryl methyl sites for hydroxylation is 1. The number of thiophene rings is 2. The van der Waals surface area contributed by atoms with Crippen LogP contribution >= 0.6 is 34.4 Å². The van der Waals surface area contributed by atoms with Crippen molar-refractivity contribution in [2.24, 2.45) is 0 Å². The van der Waals surface area contributed by atoms with Crippen LogP contribution in [0.2, 0.25) is 0 Å². The second kappa shape index (κ2) is 7.72. The molecule has 0 radical (unpaired) electrons. The monoisotopic (exact) mass is 361 g/mol. The lowest BCUT2D eigenvalue weighted by molar-refractivity contribution is 0.102. The van der Waals surface area contributed by atoms with Gasteiger partial charge < -0.3 is 0 Å². The van der Waals surface area contributed by atoms with Gasteiger partial charge >= 0.3 is 0 Å². The van der Waals surface area contributed by atoms with E-state index in [9.17, 15) is 4.79 Å². The Morgan fingerprint density at radius 1 is 1.35 bits per heavy atom. The van der Waals surface area contributed by atoms with Gasteiger partial charge in [-0.1, -0.05) is 24.8 Å². The number of aromatic amines is 1. The van der Waals surface area contributed by atoms with Crippen molar-refractivity contribution in [3.63, 3.8) is 0 Å². The normalized spacial score (nSPS) is 11.3. The van der Waals surface area contributed by atoms with Crippen LogP contribution in [0.1, 0.15) is 32.2 Å². The molecule has 23 heavy (non-hydrogen) atoms. The van der Waals surface area contributed by atoms with Gasteiger partial charge in [0.15, 0.2) is 5.78 Å². The third-order valence-corrected chi connectivity index (χ3v) is 6.00. The molecule has 3 heterocycles. The lowest BCUT2D eigenvalue weighted by Gasteiger charge is -1.94. The Bertz CT molecular complexity index is 802. The van der Waals surface area contributed by atoms with Gasteiger partial charge in [0.05, 0.1) is 10.6 Å². The van der Waals surface area contributed by atoms with Crippen molar-refractivity contribution in [3.05, 3.63) is 50.1 Å². The van der Waals surface area contributed by atoms with Crippen LogP contribution in [0.4, 0.5) is 0 Å². The molecule has 3 rings (SSSR count). The molecule has 0 amide bonds. The quantitative estimate of drug-likeness (QED) is 0.492. The first-order valence-electron chi connectivity index (χ1n) is 7.13. The van der Waals surface area contributed by atoms with Crippen LogP contribution in [0.25, 0.3) is 12.2 Å². The zero-order chi connectivity index (χ0) is 16.1. The van der Waals surface area contributed by atoms with Gasteiger partial charge in [0.25, 0.3) is 0 Å². The number of thioether (sulfide) groups is 1. The molecule has 1 N–H and O–H groups in total. The van der Waals surface area contributed by atoms with E-state index in [0.717, 1.165) is 16.2 Å². The molecular formula is C16H15N3OS3. The van der Waals surface area contributed by atoms with Gasteiger partial charge in [-0.05, 0) is 42.2 Å². The number of rotatable bonds is 7. The van der Waals surface area contributed by atoms with Gasteiger partial charge in [-0.15, -0.1) is 27.8 Å². The largest absolute Gasteiger partial charge is 0.292 e. The first kappa shape index (κ1) is 16.2. The summed E-state index contributed by atoms with van der Waals surface area (Å²) in [6.07, 6.45) is 4.84. The average Bonchev–Trinajstić information content (AvgIpc) is 3.31. The molecule has 0 saturated carbocycles. The van der Waals surface area contributed by atoms with E-state index in [1.807, 2.05) is 41.8 Å². The molecule has 0 aliphatic heterocycles. The van der Waals surface area contributed by atoms with Crippen molar-refractivity contribution in [1.29, 1.82) is 0 Å². The van der Waals surface area contributed by atoms with Crippen LogP contribution in [-0.4, -0.2) is 26.7 Å². The number of carbonyl (C=O) groups excluding carboxylic acids is 1. The standard InChI is InChI=1S/C16H15N3OS3/c1-2-11-5-7-14(23-11)13(20)10-22-16-17-15(18-19-16)8-6-12-4-3-9-21-12/h3-9H,2,10H2,1H3,(H,17,18,19). The van der Waals surface area contributed by atoms with E-state index in [2.05, 4.69) is 22.1 Å². The third kappa shape index (κ3) is 4.40. The number of carbonyl (C=O) groups is 1. The van der Waals surface area contributed by atoms with Gasteiger partial charge in [0.2, 0.25) is 5.16 Å². The second-order valence-corrected chi connectivity index (χ2v) is 7.77. The molecule has 0 aromatic carbocycles. The SMILES string of the molecule is CCc1ccc(C(=O)CSc2n[nH]c(C=Cc3cccs3)n2)s1. The molecule has 3 aromatic heterocycles. The number of hydrogen-bond donors (Lipinski definition) is 1. The zero-order valence-electron chi connectivity index (χ0n) is 12.5. The number of hydrogen-bond acceptors (Lipinski definition) is 6. The van der Waals surface area contributed by atoms with Crippen LogP contribution < -0.4 is 0 Å². The molecule has 118 valence electrons. The maximum absolute atomic E-state index is 12.1. The van der Waals surface area contributed by atoms with E-state index in [0.29, 0.717) is 16.7 Å². The zero-order valence-corrected chi connectivity index (χ0v) is 14.9. The van der Waals surface area contributed by atoms with Crippen LogP contribution in [0.15, 0.2) is 34.8 Å². The van der Waals surface area contributed by atoms with E-state index in [-0.39, 0.29) is 5.78 Å². The Kier molecular flexibility index (Phi) is 5.43. The molecule has 0 aliphatic rings. The summed E-state index contributed by atoms with van der Waals surface area (Å²) in [6.45, 7) is 2.09. The Hall–Kier alpha value is -1.70. The van der Waals surface area contributed by atoms with E-state index in [1.54, 1.807) is 22.7 Å². The van der Waals surface area contributed by atoms with Gasteiger partial charge in [-0.3, -0.25) is 9.89 Å². The summed E-state index contributed by atoms with van der Waals surface area (Å²) in [5.74, 6) is 1.17. The highest BCUT2D eigenvalue weighted by Gasteiger charge is 2.11. The number of nitrogens with one attached hydrogen (secondary N) is 1. The highest BCUT2D eigenvalue weighted by Crippen LogP contribution is 2.21. The van der Waals surface area contributed by atoms with E-state index in [1.165, 1.54) is 16.6 Å². The van der Waals surface area contributed by atoms with Crippen molar-refractivity contribution in [1.82, 2.24) is 15.2 Å². The van der Waals surface area contributed by atoms with E-state index in [4.69, 9.17) is 0 Å². The summed E-state index contributed by atoms with van der Waals surface area (Å²) in [7, 11) is 0. The Balaban J connectivity index is 1.55. The molecule has 0 fully saturated rings. The number of ketones is 1. The molecular weight excluding hydrogens is 346 g/mol. The van der Waals surface area contributed by atoms with Crippen molar-refractivity contribution in [2.75, 3.05) is 5.75 Å². The minimum absolute atomic E-state index is 0.125. The van der Waals surface area contributed by atoms with Crippen LogP contribution in [0.3, 0.4) is 0 Å². The average molecular weight is 362 g/mol. The van der Waals surface area contributed by atoms with Crippen molar-refractivity contribution < 1.29 is 4.79 Å². The van der Waals surface area contributed by atoms with Crippen LogP contribution in [0, 0.1) is 0 Å².